The molecule has 0 atom stereocenters. The summed E-state index contributed by atoms with van der Waals surface area (Å²) in [5.74, 6) is 2.11. The zero-order chi connectivity index (χ0) is 27.5. The molecule has 40 heavy (non-hydrogen) atoms. The molecule has 202 valence electrons. The molecule has 0 bridgehead atoms. The molecule has 1 aliphatic heterocycles. The molecule has 0 radical (unpaired) electrons. The molecule has 2 aromatic carbocycles. The first kappa shape index (κ1) is 26.5. The number of ether oxygens (including phenoxy) is 1. The number of aryl methyl sites for hydroxylation is 1. The minimum Gasteiger partial charge on any atom is -0.457 e. The molecule has 1 aliphatic rings. The number of hydrogen-bond acceptors (Lipinski definition) is 9. The van der Waals surface area contributed by atoms with Gasteiger partial charge >= 0.3 is 0 Å². The van der Waals surface area contributed by atoms with E-state index in [-0.39, 0.29) is 5.91 Å². The fourth-order valence-corrected chi connectivity index (χ4v) is 5.34. The zero-order valence-corrected chi connectivity index (χ0v) is 24.4. The van der Waals surface area contributed by atoms with Gasteiger partial charge in [-0.3, -0.25) is 4.79 Å². The van der Waals surface area contributed by atoms with E-state index in [4.69, 9.17) is 8.92 Å². The van der Waals surface area contributed by atoms with Crippen molar-refractivity contribution in [3.05, 3.63) is 84.6 Å². The molecule has 3 aromatic heterocycles. The molecule has 4 heterocycles. The Morgan fingerprint density at radius 3 is 2.90 bits per heavy atom. The summed E-state index contributed by atoms with van der Waals surface area (Å²) in [6.45, 7) is 3.21. The molecule has 0 spiro atoms. The molecule has 10 nitrogen and oxygen atoms in total. The van der Waals surface area contributed by atoms with Crippen LogP contribution < -0.4 is 15.0 Å². The van der Waals surface area contributed by atoms with Gasteiger partial charge < -0.3 is 19.1 Å². The molecular formula is C28H24IN7O3S. The summed E-state index contributed by atoms with van der Waals surface area (Å²) in [6, 6.07) is 15.4. The summed E-state index contributed by atoms with van der Waals surface area (Å²) in [4.78, 5) is 28.0. The average molecular weight is 666 g/mol. The van der Waals surface area contributed by atoms with Gasteiger partial charge in [0, 0.05) is 62.3 Å². The van der Waals surface area contributed by atoms with Gasteiger partial charge in [-0.1, -0.05) is 6.08 Å². The normalized spacial score (nSPS) is 14.5. The first-order valence-corrected chi connectivity index (χ1v) is 15.9. The van der Waals surface area contributed by atoms with Crippen LogP contribution >= 0.6 is 30.4 Å². The van der Waals surface area contributed by atoms with Gasteiger partial charge in [0.1, 0.15) is 30.0 Å². The summed E-state index contributed by atoms with van der Waals surface area (Å²) < 4.78 is 13.1. The van der Waals surface area contributed by atoms with Crippen LogP contribution in [0.25, 0.3) is 16.6 Å². The van der Waals surface area contributed by atoms with Crippen LogP contribution in [0.3, 0.4) is 0 Å². The standard InChI is InChI=1S/C28H24IN7O3S/c1-18-13-20(4-7-25(18)39-22-9-11-36-26(15-22)31-17-33-36)34-27-23-14-21(5-6-24(23)30-16-32-27)35-10-8-19(28(35)37)3-2-12-38-40-29/h3-7,9,11,13-17H,2,8,10,12H2,1H3,(H,30,32,34)/b19-3+. The predicted molar refractivity (Wildman–Crippen MR) is 164 cm³/mol. The Bertz CT molecular complexity index is 1740. The number of nitrogens with one attached hydrogen (secondary N) is 1. The lowest BCUT2D eigenvalue weighted by Crippen LogP contribution is -2.24. The van der Waals surface area contributed by atoms with Crippen molar-refractivity contribution >= 4 is 70.1 Å². The Hall–Kier alpha value is -3.75. The van der Waals surface area contributed by atoms with Gasteiger partial charge in [-0.25, -0.2) is 19.5 Å². The molecule has 0 unspecified atom stereocenters. The van der Waals surface area contributed by atoms with Gasteiger partial charge in [0.15, 0.2) is 5.65 Å². The highest BCUT2D eigenvalue weighted by molar-refractivity contribution is 14.2. The third kappa shape index (κ3) is 5.60. The van der Waals surface area contributed by atoms with Crippen molar-refractivity contribution < 1.29 is 13.7 Å². The Labute approximate surface area is 246 Å². The molecule has 1 N–H and O–H groups in total. The van der Waals surface area contributed by atoms with Gasteiger partial charge in [0.05, 0.1) is 21.3 Å². The minimum absolute atomic E-state index is 0.0298. The maximum atomic E-state index is 13.1. The van der Waals surface area contributed by atoms with E-state index in [2.05, 4.69) is 46.6 Å². The van der Waals surface area contributed by atoms with Crippen LogP contribution in [0.5, 0.6) is 11.5 Å². The minimum atomic E-state index is 0.0298. The number of carbonyl (C=O) groups excluding carboxylic acids is 1. The Morgan fingerprint density at radius 1 is 1.10 bits per heavy atom. The molecule has 0 aliphatic carbocycles. The lowest BCUT2D eigenvalue weighted by molar-refractivity contribution is -0.114. The van der Waals surface area contributed by atoms with Crippen molar-refractivity contribution in [2.75, 3.05) is 23.4 Å². The van der Waals surface area contributed by atoms with Crippen molar-refractivity contribution in [1.29, 1.82) is 0 Å². The average Bonchev–Trinajstić information content (AvgIpc) is 3.58. The molecule has 6 rings (SSSR count). The van der Waals surface area contributed by atoms with E-state index in [1.54, 1.807) is 4.52 Å². The number of anilines is 3. The Kier molecular flexibility index (Phi) is 7.80. The van der Waals surface area contributed by atoms with Crippen LogP contribution in [-0.2, 0) is 8.98 Å². The monoisotopic (exact) mass is 665 g/mol. The third-order valence-corrected chi connectivity index (χ3v) is 7.63. The number of aromatic nitrogens is 5. The summed E-state index contributed by atoms with van der Waals surface area (Å²) in [5, 5.41) is 8.36. The number of nitrogens with zero attached hydrogens (tertiary/aromatic N) is 6. The molecule has 0 saturated carbocycles. The molecule has 1 fully saturated rings. The maximum Gasteiger partial charge on any atom is 0.253 e. The van der Waals surface area contributed by atoms with Crippen LogP contribution in [0.4, 0.5) is 17.2 Å². The van der Waals surface area contributed by atoms with E-state index in [9.17, 15) is 4.79 Å². The lowest BCUT2D eigenvalue weighted by atomic mass is 10.1. The predicted octanol–water partition coefficient (Wildman–Crippen LogP) is 6.58. The first-order valence-electron chi connectivity index (χ1n) is 12.6. The summed E-state index contributed by atoms with van der Waals surface area (Å²) in [6.07, 6.45) is 8.26. The van der Waals surface area contributed by atoms with Crippen molar-refractivity contribution in [3.63, 3.8) is 0 Å². The second-order valence-electron chi connectivity index (χ2n) is 9.17. The summed E-state index contributed by atoms with van der Waals surface area (Å²) >= 11 is 2.09. The fraction of sp³-hybridized carbons (Fsp3) is 0.179. The van der Waals surface area contributed by atoms with Gasteiger partial charge in [-0.15, -0.1) is 0 Å². The second-order valence-corrected chi connectivity index (χ2v) is 10.6. The highest BCUT2D eigenvalue weighted by atomic mass is 127. The highest BCUT2D eigenvalue weighted by Crippen LogP contribution is 2.33. The number of halogens is 1. The van der Waals surface area contributed by atoms with Gasteiger partial charge in [0.2, 0.25) is 0 Å². The topological polar surface area (TPSA) is 107 Å². The number of pyridine rings is 1. The van der Waals surface area contributed by atoms with Gasteiger partial charge in [0.25, 0.3) is 5.91 Å². The van der Waals surface area contributed by atoms with Crippen molar-refractivity contribution in [1.82, 2.24) is 24.6 Å². The highest BCUT2D eigenvalue weighted by Gasteiger charge is 2.27. The number of amides is 1. The van der Waals surface area contributed by atoms with Gasteiger partial charge in [-0.2, -0.15) is 5.10 Å². The van der Waals surface area contributed by atoms with Crippen molar-refractivity contribution in [2.24, 2.45) is 0 Å². The number of fused-ring (bicyclic) bond motifs is 2. The van der Waals surface area contributed by atoms with E-state index in [0.717, 1.165) is 39.2 Å². The summed E-state index contributed by atoms with van der Waals surface area (Å²) in [5.41, 5.74) is 4.96. The van der Waals surface area contributed by atoms with Crippen LogP contribution in [0, 0.1) is 6.92 Å². The van der Waals surface area contributed by atoms with E-state index in [0.29, 0.717) is 43.2 Å². The summed E-state index contributed by atoms with van der Waals surface area (Å²) in [7, 11) is 1.30. The van der Waals surface area contributed by atoms with Crippen LogP contribution in [0.1, 0.15) is 18.4 Å². The molecule has 12 heteroatoms. The maximum absolute atomic E-state index is 13.1. The van der Waals surface area contributed by atoms with Crippen LogP contribution in [0.15, 0.2) is 79.0 Å². The number of carbonyl (C=O) groups is 1. The first-order chi connectivity index (χ1) is 19.6. The van der Waals surface area contributed by atoms with Crippen molar-refractivity contribution in [3.8, 4) is 11.5 Å². The molecule has 1 saturated heterocycles. The van der Waals surface area contributed by atoms with Crippen LogP contribution in [0.2, 0.25) is 0 Å². The number of rotatable bonds is 9. The van der Waals surface area contributed by atoms with E-state index in [1.807, 2.05) is 72.6 Å². The smallest absolute Gasteiger partial charge is 0.253 e. The Balaban J connectivity index is 1.21. The van der Waals surface area contributed by atoms with E-state index in [1.165, 1.54) is 21.9 Å². The molecule has 5 aromatic rings. The largest absolute Gasteiger partial charge is 0.457 e. The third-order valence-electron chi connectivity index (χ3n) is 6.61. The second kappa shape index (κ2) is 11.8. The quantitative estimate of drug-likeness (QED) is 0.0809. The SMILES string of the molecule is Cc1cc(Nc2ncnc3ccc(N4CC/C(=C\CCOSI)C4=O)cc23)ccc1Oc1ccn2ncnc2c1. The van der Waals surface area contributed by atoms with Crippen molar-refractivity contribution in [2.45, 2.75) is 19.8 Å². The van der Waals surface area contributed by atoms with Gasteiger partial charge in [-0.05, 0) is 67.8 Å². The fourth-order valence-electron chi connectivity index (χ4n) is 4.64. The van der Waals surface area contributed by atoms with E-state index < -0.39 is 0 Å². The number of benzene rings is 2. The number of hydrogen-bond donors (Lipinski definition) is 1. The molecular weight excluding hydrogens is 641 g/mol. The lowest BCUT2D eigenvalue weighted by Gasteiger charge is -2.17. The Morgan fingerprint density at radius 2 is 2.02 bits per heavy atom. The van der Waals surface area contributed by atoms with Crippen LogP contribution in [-0.4, -0.2) is 43.6 Å². The zero-order valence-electron chi connectivity index (χ0n) is 21.5. The van der Waals surface area contributed by atoms with E-state index >= 15 is 0 Å². The molecule has 1 amide bonds.